The molecule has 1 saturated heterocycles. The highest BCUT2D eigenvalue weighted by Crippen LogP contribution is 2.10. The van der Waals surface area contributed by atoms with Gasteiger partial charge in [0, 0.05) is 25.5 Å². The smallest absolute Gasteiger partial charge is 0.0110 e. The first kappa shape index (κ1) is 16.0. The van der Waals surface area contributed by atoms with Gasteiger partial charge in [-0.3, -0.25) is 0 Å². The van der Waals surface area contributed by atoms with Crippen LogP contribution in [0.1, 0.15) is 51.9 Å². The van der Waals surface area contributed by atoms with Crippen LogP contribution in [0.2, 0.25) is 0 Å². The summed E-state index contributed by atoms with van der Waals surface area (Å²) in [6.07, 6.45) is 21.7. The number of rotatable bonds is 8. The van der Waals surface area contributed by atoms with E-state index in [0.29, 0.717) is 0 Å². The number of hydrogen-bond donors (Lipinski definition) is 1. The Hall–Kier alpha value is -1.02. The van der Waals surface area contributed by atoms with Crippen molar-refractivity contribution in [3.05, 3.63) is 36.7 Å². The fraction of sp³-hybridized carbons (Fsp3) is 0.647. The van der Waals surface area contributed by atoms with Crippen LogP contribution >= 0.6 is 0 Å². The van der Waals surface area contributed by atoms with Crippen molar-refractivity contribution in [2.75, 3.05) is 19.6 Å². The molecule has 0 saturated carbocycles. The summed E-state index contributed by atoms with van der Waals surface area (Å²) in [5.74, 6) is 0. The standard InChI is InChI=1S/C11H23N.C6H7N/c1-2-3-4-5-6-7-8-9-12-10-11-12;1-2-4-6-7-5-3-1/h2-11H2,1H3;1-7H. The fourth-order valence-corrected chi connectivity index (χ4v) is 1.99. The normalized spacial score (nSPS) is 16.5. The highest BCUT2D eigenvalue weighted by molar-refractivity contribution is 5.14. The largest absolute Gasteiger partial charge is 0.368 e. The molecule has 0 aromatic carbocycles. The Morgan fingerprint density at radius 1 is 0.789 bits per heavy atom. The first-order chi connectivity index (χ1) is 9.43. The second kappa shape index (κ2) is 12.0. The van der Waals surface area contributed by atoms with E-state index in [0.717, 1.165) is 0 Å². The van der Waals surface area contributed by atoms with E-state index in [4.69, 9.17) is 0 Å². The minimum absolute atomic E-state index is 1.37. The van der Waals surface area contributed by atoms with Gasteiger partial charge >= 0.3 is 0 Å². The van der Waals surface area contributed by atoms with E-state index in [1.807, 2.05) is 36.7 Å². The van der Waals surface area contributed by atoms with Gasteiger partial charge in [-0.25, -0.2) is 0 Å². The van der Waals surface area contributed by atoms with E-state index in [2.05, 4.69) is 17.1 Å². The first-order valence-electron chi connectivity index (χ1n) is 7.90. The van der Waals surface area contributed by atoms with Gasteiger partial charge in [0.1, 0.15) is 0 Å². The second-order valence-corrected chi connectivity index (χ2v) is 5.23. The molecule has 0 aromatic rings. The third kappa shape index (κ3) is 11.8. The molecule has 0 aromatic heterocycles. The molecule has 1 fully saturated rings. The maximum atomic E-state index is 2.92. The average molecular weight is 262 g/mol. The molecule has 2 nitrogen and oxygen atoms in total. The lowest BCUT2D eigenvalue weighted by Crippen LogP contribution is -1.98. The van der Waals surface area contributed by atoms with Crippen molar-refractivity contribution in [2.24, 2.45) is 0 Å². The van der Waals surface area contributed by atoms with Crippen molar-refractivity contribution < 1.29 is 0 Å². The van der Waals surface area contributed by atoms with E-state index in [9.17, 15) is 0 Å². The molecule has 2 aliphatic rings. The minimum atomic E-state index is 1.37. The molecular weight excluding hydrogens is 232 g/mol. The monoisotopic (exact) mass is 262 g/mol. The Morgan fingerprint density at radius 3 is 1.95 bits per heavy atom. The molecular formula is C17H30N2. The second-order valence-electron chi connectivity index (χ2n) is 5.23. The van der Waals surface area contributed by atoms with E-state index in [1.165, 1.54) is 64.6 Å². The molecule has 0 aliphatic carbocycles. The number of nitrogens with zero attached hydrogens (tertiary/aromatic N) is 1. The lowest BCUT2D eigenvalue weighted by Gasteiger charge is -2.01. The molecule has 2 aliphatic heterocycles. The van der Waals surface area contributed by atoms with E-state index >= 15 is 0 Å². The lowest BCUT2D eigenvalue weighted by atomic mass is 10.1. The first-order valence-corrected chi connectivity index (χ1v) is 7.90. The van der Waals surface area contributed by atoms with E-state index in [1.54, 1.807) is 0 Å². The maximum absolute atomic E-state index is 2.92. The Kier molecular flexibility index (Phi) is 10.2. The molecule has 2 heterocycles. The number of allylic oxidation sites excluding steroid dienone is 4. The molecule has 2 heteroatoms. The SMILES string of the molecule is C1=CC=CNC=C1.CCCCCCCCCN1CC1. The van der Waals surface area contributed by atoms with Gasteiger partial charge in [-0.1, -0.05) is 57.6 Å². The molecule has 108 valence electrons. The van der Waals surface area contributed by atoms with Crippen LogP contribution in [0.15, 0.2) is 36.7 Å². The van der Waals surface area contributed by atoms with Crippen LogP contribution in [0, 0.1) is 0 Å². The molecule has 0 unspecified atom stereocenters. The van der Waals surface area contributed by atoms with Gasteiger partial charge in [0.25, 0.3) is 0 Å². The molecule has 0 amide bonds. The molecule has 19 heavy (non-hydrogen) atoms. The van der Waals surface area contributed by atoms with Crippen molar-refractivity contribution in [1.82, 2.24) is 10.2 Å². The van der Waals surface area contributed by atoms with Crippen molar-refractivity contribution in [3.63, 3.8) is 0 Å². The van der Waals surface area contributed by atoms with Crippen LogP contribution in [0.3, 0.4) is 0 Å². The van der Waals surface area contributed by atoms with Crippen LogP contribution in [-0.4, -0.2) is 24.5 Å². The van der Waals surface area contributed by atoms with Crippen molar-refractivity contribution >= 4 is 0 Å². The minimum Gasteiger partial charge on any atom is -0.368 e. The van der Waals surface area contributed by atoms with Crippen LogP contribution in [0.5, 0.6) is 0 Å². The van der Waals surface area contributed by atoms with Crippen LogP contribution < -0.4 is 5.32 Å². The van der Waals surface area contributed by atoms with E-state index < -0.39 is 0 Å². The van der Waals surface area contributed by atoms with Gasteiger partial charge in [0.15, 0.2) is 0 Å². The highest BCUT2D eigenvalue weighted by atomic mass is 15.2. The molecule has 0 bridgehead atoms. The Balaban J connectivity index is 0.000000218. The van der Waals surface area contributed by atoms with Gasteiger partial charge in [-0.15, -0.1) is 0 Å². The van der Waals surface area contributed by atoms with Gasteiger partial charge < -0.3 is 10.2 Å². The third-order valence-corrected chi connectivity index (χ3v) is 3.34. The number of unbranched alkanes of at least 4 members (excludes halogenated alkanes) is 6. The van der Waals surface area contributed by atoms with Crippen molar-refractivity contribution in [3.8, 4) is 0 Å². The zero-order valence-corrected chi connectivity index (χ0v) is 12.5. The summed E-state index contributed by atoms with van der Waals surface area (Å²) in [5, 5.41) is 2.92. The average Bonchev–Trinajstić information content (AvgIpc) is 3.26. The summed E-state index contributed by atoms with van der Waals surface area (Å²) in [5.41, 5.74) is 0. The summed E-state index contributed by atoms with van der Waals surface area (Å²) in [7, 11) is 0. The highest BCUT2D eigenvalue weighted by Gasteiger charge is 2.14. The van der Waals surface area contributed by atoms with Crippen LogP contribution in [0.25, 0.3) is 0 Å². The molecule has 2 rings (SSSR count). The zero-order chi connectivity index (χ0) is 13.6. The van der Waals surface area contributed by atoms with Crippen molar-refractivity contribution in [2.45, 2.75) is 51.9 Å². The number of nitrogens with one attached hydrogen (secondary N) is 1. The topological polar surface area (TPSA) is 15.0 Å². The van der Waals surface area contributed by atoms with Crippen LogP contribution in [0.4, 0.5) is 0 Å². The van der Waals surface area contributed by atoms with Crippen molar-refractivity contribution in [1.29, 1.82) is 0 Å². The van der Waals surface area contributed by atoms with Gasteiger partial charge in [0.05, 0.1) is 0 Å². The molecule has 1 N–H and O–H groups in total. The zero-order valence-electron chi connectivity index (χ0n) is 12.5. The fourth-order valence-electron chi connectivity index (χ4n) is 1.99. The summed E-state index contributed by atoms with van der Waals surface area (Å²) in [6.45, 7) is 6.39. The Bertz CT molecular complexity index is 261. The molecule has 0 spiro atoms. The number of hydrogen-bond acceptors (Lipinski definition) is 2. The quantitative estimate of drug-likeness (QED) is 0.520. The van der Waals surface area contributed by atoms with E-state index in [-0.39, 0.29) is 0 Å². The van der Waals surface area contributed by atoms with Gasteiger partial charge in [0.2, 0.25) is 0 Å². The summed E-state index contributed by atoms with van der Waals surface area (Å²) in [6, 6.07) is 0. The summed E-state index contributed by atoms with van der Waals surface area (Å²) >= 11 is 0. The predicted octanol–water partition coefficient (Wildman–Crippen LogP) is 4.23. The third-order valence-electron chi connectivity index (χ3n) is 3.34. The predicted molar refractivity (Wildman–Crippen MR) is 85.0 cm³/mol. The molecule has 0 atom stereocenters. The van der Waals surface area contributed by atoms with Crippen LogP contribution in [-0.2, 0) is 0 Å². The molecule has 0 radical (unpaired) electrons. The summed E-state index contributed by atoms with van der Waals surface area (Å²) in [4.78, 5) is 2.52. The van der Waals surface area contributed by atoms with Gasteiger partial charge in [-0.05, 0) is 25.1 Å². The maximum Gasteiger partial charge on any atom is 0.0110 e. The van der Waals surface area contributed by atoms with Gasteiger partial charge in [-0.2, -0.15) is 0 Å². The Labute approximate surface area is 119 Å². The Morgan fingerprint density at radius 2 is 1.37 bits per heavy atom. The summed E-state index contributed by atoms with van der Waals surface area (Å²) < 4.78 is 0. The lowest BCUT2D eigenvalue weighted by molar-refractivity contribution is 0.499.